The van der Waals surface area contributed by atoms with Crippen molar-refractivity contribution >= 4 is 43.5 Å². The Morgan fingerprint density at radius 3 is 2.32 bits per heavy atom. The van der Waals surface area contributed by atoms with Crippen LogP contribution in [0.5, 0.6) is 0 Å². The molecule has 0 saturated heterocycles. The van der Waals surface area contributed by atoms with E-state index in [1.165, 1.54) is 6.07 Å². The summed E-state index contributed by atoms with van der Waals surface area (Å²) in [6.45, 7) is 3.74. The first-order valence-corrected chi connectivity index (χ1v) is 7.78. The van der Waals surface area contributed by atoms with Crippen molar-refractivity contribution < 1.29 is 4.39 Å². The van der Waals surface area contributed by atoms with Crippen molar-refractivity contribution in [2.24, 2.45) is 0 Å². The van der Waals surface area contributed by atoms with Crippen LogP contribution in [0.15, 0.2) is 39.3 Å². The summed E-state index contributed by atoms with van der Waals surface area (Å²) < 4.78 is 15.5. The number of aryl methyl sites for hydroxylation is 2. The molecule has 0 spiro atoms. The molecule has 0 nitrogen and oxygen atoms in total. The molecule has 2 aromatic carbocycles. The lowest BCUT2D eigenvalue weighted by Crippen LogP contribution is -1.97. The van der Waals surface area contributed by atoms with Crippen molar-refractivity contribution in [3.05, 3.63) is 67.3 Å². The molecule has 0 aliphatic carbocycles. The van der Waals surface area contributed by atoms with Crippen LogP contribution in [0.3, 0.4) is 0 Å². The van der Waals surface area contributed by atoms with Crippen molar-refractivity contribution in [2.75, 3.05) is 0 Å². The van der Waals surface area contributed by atoms with Crippen LogP contribution in [-0.4, -0.2) is 0 Å². The molecule has 0 aliphatic rings. The van der Waals surface area contributed by atoms with E-state index in [1.54, 1.807) is 13.0 Å². The lowest BCUT2D eigenvalue weighted by molar-refractivity contribution is 0.616. The fourth-order valence-electron chi connectivity index (χ4n) is 1.80. The van der Waals surface area contributed by atoms with Gasteiger partial charge in [-0.2, -0.15) is 0 Å². The molecule has 0 amide bonds. The Bertz CT molecular complexity index is 626. The second-order valence-electron chi connectivity index (χ2n) is 4.49. The maximum atomic E-state index is 13.6. The smallest absolute Gasteiger partial charge is 0.126 e. The lowest BCUT2D eigenvalue weighted by Gasteiger charge is -2.14. The molecule has 100 valence electrons. The average Bonchev–Trinajstić information content (AvgIpc) is 2.36. The minimum absolute atomic E-state index is 0.231. The Labute approximate surface area is 134 Å². The quantitative estimate of drug-likeness (QED) is 0.514. The van der Waals surface area contributed by atoms with Gasteiger partial charge in [0.05, 0.1) is 5.38 Å². The molecule has 0 saturated carbocycles. The summed E-state index contributed by atoms with van der Waals surface area (Å²) in [5, 5.41) is -0.388. The minimum atomic E-state index is -0.388. The summed E-state index contributed by atoms with van der Waals surface area (Å²) in [6, 6.07) is 9.06. The van der Waals surface area contributed by atoms with E-state index in [-0.39, 0.29) is 11.2 Å². The van der Waals surface area contributed by atoms with Crippen molar-refractivity contribution in [2.45, 2.75) is 19.2 Å². The van der Waals surface area contributed by atoms with E-state index in [4.69, 9.17) is 11.6 Å². The van der Waals surface area contributed by atoms with Gasteiger partial charge in [0, 0.05) is 8.95 Å². The maximum absolute atomic E-state index is 13.6. The van der Waals surface area contributed by atoms with Crippen LogP contribution in [0.4, 0.5) is 4.39 Å². The molecule has 0 aromatic heterocycles. The Kier molecular flexibility index (Phi) is 4.70. The van der Waals surface area contributed by atoms with Crippen molar-refractivity contribution in [3.63, 3.8) is 0 Å². The van der Waals surface area contributed by atoms with E-state index < -0.39 is 0 Å². The van der Waals surface area contributed by atoms with Gasteiger partial charge >= 0.3 is 0 Å². The predicted octanol–water partition coefficient (Wildman–Crippen LogP) is 6.30. The summed E-state index contributed by atoms with van der Waals surface area (Å²) >= 11 is 13.5. The molecule has 0 fully saturated rings. The van der Waals surface area contributed by atoms with Crippen LogP contribution in [-0.2, 0) is 0 Å². The van der Waals surface area contributed by atoms with Gasteiger partial charge in [0.2, 0.25) is 0 Å². The van der Waals surface area contributed by atoms with E-state index >= 15 is 0 Å². The van der Waals surface area contributed by atoms with Gasteiger partial charge in [-0.15, -0.1) is 11.6 Å². The summed E-state index contributed by atoms with van der Waals surface area (Å²) in [7, 11) is 0. The van der Waals surface area contributed by atoms with Gasteiger partial charge in [0.15, 0.2) is 0 Å². The Morgan fingerprint density at radius 2 is 1.68 bits per heavy atom. The molecule has 0 radical (unpaired) electrons. The molecule has 4 heteroatoms. The highest BCUT2D eigenvalue weighted by atomic mass is 79.9. The normalized spacial score (nSPS) is 12.5. The molecule has 2 rings (SSSR count). The molecule has 0 bridgehead atoms. The van der Waals surface area contributed by atoms with Gasteiger partial charge in [0.25, 0.3) is 0 Å². The van der Waals surface area contributed by atoms with Gasteiger partial charge in [-0.3, -0.25) is 0 Å². The molecule has 2 aromatic rings. The Hall–Kier alpha value is -0.380. The van der Waals surface area contributed by atoms with Gasteiger partial charge in [-0.25, -0.2) is 4.39 Å². The molecular formula is C15H12Br2ClF. The molecule has 1 atom stereocenters. The third-order valence-corrected chi connectivity index (χ3v) is 5.07. The maximum Gasteiger partial charge on any atom is 0.126 e. The second kappa shape index (κ2) is 5.94. The SMILES string of the molecule is Cc1ccc(C(Cl)c2cc(Br)c(C)cc2Br)cc1F. The lowest BCUT2D eigenvalue weighted by atomic mass is 10.0. The fraction of sp³-hybridized carbons (Fsp3) is 0.200. The zero-order valence-electron chi connectivity index (χ0n) is 10.5. The Balaban J connectivity index is 2.46. The highest BCUT2D eigenvalue weighted by Gasteiger charge is 2.16. The number of hydrogen-bond donors (Lipinski definition) is 0. The highest BCUT2D eigenvalue weighted by molar-refractivity contribution is 9.11. The molecule has 19 heavy (non-hydrogen) atoms. The summed E-state index contributed by atoms with van der Waals surface area (Å²) in [5.74, 6) is -0.231. The van der Waals surface area contributed by atoms with Crippen LogP contribution in [0.25, 0.3) is 0 Å². The van der Waals surface area contributed by atoms with Crippen molar-refractivity contribution in [3.8, 4) is 0 Å². The third kappa shape index (κ3) is 3.21. The molecular weight excluding hydrogens is 394 g/mol. The number of alkyl halides is 1. The molecule has 1 unspecified atom stereocenters. The van der Waals surface area contributed by atoms with Gasteiger partial charge < -0.3 is 0 Å². The first-order chi connectivity index (χ1) is 8.90. The largest absolute Gasteiger partial charge is 0.207 e. The van der Waals surface area contributed by atoms with Gasteiger partial charge in [-0.05, 0) is 54.3 Å². The number of hydrogen-bond acceptors (Lipinski definition) is 0. The summed E-state index contributed by atoms with van der Waals surface area (Å²) in [4.78, 5) is 0. The zero-order valence-corrected chi connectivity index (χ0v) is 14.4. The topological polar surface area (TPSA) is 0 Å². The number of rotatable bonds is 2. The fourth-order valence-corrected chi connectivity index (χ4v) is 3.30. The minimum Gasteiger partial charge on any atom is -0.207 e. The molecule has 0 aliphatic heterocycles. The van der Waals surface area contributed by atoms with E-state index in [0.717, 1.165) is 25.6 Å². The van der Waals surface area contributed by atoms with Crippen LogP contribution in [0.2, 0.25) is 0 Å². The van der Waals surface area contributed by atoms with Crippen molar-refractivity contribution in [1.29, 1.82) is 0 Å². The standard InChI is InChI=1S/C15H12Br2ClF/c1-8-3-4-10(6-14(8)19)15(18)11-7-12(16)9(2)5-13(11)17/h3-7,15H,1-2H3. The molecule has 0 heterocycles. The predicted molar refractivity (Wildman–Crippen MR) is 85.4 cm³/mol. The van der Waals surface area contributed by atoms with E-state index in [2.05, 4.69) is 31.9 Å². The first-order valence-electron chi connectivity index (χ1n) is 5.76. The zero-order chi connectivity index (χ0) is 14.2. The van der Waals surface area contributed by atoms with E-state index in [9.17, 15) is 4.39 Å². The van der Waals surface area contributed by atoms with E-state index in [0.29, 0.717) is 5.56 Å². The average molecular weight is 407 g/mol. The van der Waals surface area contributed by atoms with E-state index in [1.807, 2.05) is 25.1 Å². The summed E-state index contributed by atoms with van der Waals surface area (Å²) in [6.07, 6.45) is 0. The van der Waals surface area contributed by atoms with Gasteiger partial charge in [-0.1, -0.05) is 44.0 Å². The third-order valence-electron chi connectivity index (χ3n) is 3.04. The second-order valence-corrected chi connectivity index (χ2v) is 6.64. The van der Waals surface area contributed by atoms with Crippen molar-refractivity contribution in [1.82, 2.24) is 0 Å². The number of halogens is 4. The van der Waals surface area contributed by atoms with Crippen LogP contribution >= 0.6 is 43.5 Å². The Morgan fingerprint density at radius 1 is 1.00 bits per heavy atom. The van der Waals surface area contributed by atoms with Crippen LogP contribution < -0.4 is 0 Å². The summed E-state index contributed by atoms with van der Waals surface area (Å²) in [5.41, 5.74) is 3.41. The monoisotopic (exact) mass is 404 g/mol. The van der Waals surface area contributed by atoms with Gasteiger partial charge in [0.1, 0.15) is 5.82 Å². The number of benzene rings is 2. The van der Waals surface area contributed by atoms with Crippen LogP contribution in [0, 0.1) is 19.7 Å². The molecule has 0 N–H and O–H groups in total. The van der Waals surface area contributed by atoms with Crippen LogP contribution in [0.1, 0.15) is 27.6 Å². The highest BCUT2D eigenvalue weighted by Crippen LogP contribution is 2.37. The first kappa shape index (κ1) is 15.0.